The lowest BCUT2D eigenvalue weighted by molar-refractivity contribution is 0.0618. The van der Waals surface area contributed by atoms with E-state index in [1.54, 1.807) is 0 Å². The van der Waals surface area contributed by atoms with Crippen molar-refractivity contribution in [1.82, 2.24) is 9.80 Å². The van der Waals surface area contributed by atoms with E-state index in [1.165, 1.54) is 0 Å². The average molecular weight is 355 g/mol. The first kappa shape index (κ1) is 15.8. The Balaban J connectivity index is 1.98. The molecule has 1 aliphatic rings. The standard InChI is InChI=1S/C14H19BrN4O2/c1-10(13(16)17-21)18-6-8-19(9-7-18)14(20)11-4-2-3-5-12(11)15/h2-5,10,21H,6-9H2,1H3,(H2,16,17). The number of rotatable bonds is 3. The van der Waals surface area contributed by atoms with Crippen LogP contribution >= 0.6 is 15.9 Å². The Kier molecular flexibility index (Phi) is 5.19. The topological polar surface area (TPSA) is 82.2 Å². The van der Waals surface area contributed by atoms with Crippen LogP contribution < -0.4 is 5.73 Å². The molecule has 0 aliphatic carbocycles. The van der Waals surface area contributed by atoms with Gasteiger partial charge in [0.05, 0.1) is 11.6 Å². The smallest absolute Gasteiger partial charge is 0.255 e. The SMILES string of the molecule is CC(C(N)=NO)N1CCN(C(=O)c2ccccc2Br)CC1. The molecular formula is C14H19BrN4O2. The number of piperazine rings is 1. The summed E-state index contributed by atoms with van der Waals surface area (Å²) in [7, 11) is 0. The molecule has 3 N–H and O–H groups in total. The number of nitrogens with two attached hydrogens (primary N) is 1. The second-order valence-corrected chi connectivity index (χ2v) is 5.86. The molecule has 0 aromatic heterocycles. The molecule has 1 aromatic carbocycles. The molecular weight excluding hydrogens is 336 g/mol. The summed E-state index contributed by atoms with van der Waals surface area (Å²) in [5.41, 5.74) is 6.30. The minimum atomic E-state index is -0.129. The number of hydrogen-bond acceptors (Lipinski definition) is 4. The Labute approximate surface area is 132 Å². The Morgan fingerprint density at radius 3 is 2.52 bits per heavy atom. The van der Waals surface area contributed by atoms with Gasteiger partial charge in [-0.1, -0.05) is 17.3 Å². The van der Waals surface area contributed by atoms with Gasteiger partial charge in [0, 0.05) is 30.7 Å². The molecule has 1 amide bonds. The van der Waals surface area contributed by atoms with Gasteiger partial charge in [0.25, 0.3) is 5.91 Å². The number of carbonyl (C=O) groups excluding carboxylic acids is 1. The summed E-state index contributed by atoms with van der Waals surface area (Å²) in [6, 6.07) is 7.30. The maximum atomic E-state index is 12.5. The molecule has 2 rings (SSSR count). The van der Waals surface area contributed by atoms with Gasteiger partial charge in [-0.2, -0.15) is 0 Å². The third-order valence-electron chi connectivity index (χ3n) is 3.80. The minimum Gasteiger partial charge on any atom is -0.409 e. The van der Waals surface area contributed by atoms with Crippen LogP contribution in [0.1, 0.15) is 17.3 Å². The van der Waals surface area contributed by atoms with Crippen LogP contribution in [-0.2, 0) is 0 Å². The van der Waals surface area contributed by atoms with Gasteiger partial charge < -0.3 is 15.8 Å². The minimum absolute atomic E-state index is 0.0265. The van der Waals surface area contributed by atoms with E-state index in [4.69, 9.17) is 10.9 Å². The van der Waals surface area contributed by atoms with Crippen molar-refractivity contribution in [3.05, 3.63) is 34.3 Å². The number of benzene rings is 1. The van der Waals surface area contributed by atoms with Crippen LogP contribution in [0.3, 0.4) is 0 Å². The highest BCUT2D eigenvalue weighted by molar-refractivity contribution is 9.10. The van der Waals surface area contributed by atoms with E-state index >= 15 is 0 Å². The monoisotopic (exact) mass is 354 g/mol. The number of amides is 1. The zero-order valence-corrected chi connectivity index (χ0v) is 13.5. The van der Waals surface area contributed by atoms with Gasteiger partial charge in [0.1, 0.15) is 0 Å². The second-order valence-electron chi connectivity index (χ2n) is 5.01. The summed E-state index contributed by atoms with van der Waals surface area (Å²) in [6.07, 6.45) is 0. The van der Waals surface area contributed by atoms with E-state index in [0.29, 0.717) is 31.7 Å². The van der Waals surface area contributed by atoms with E-state index < -0.39 is 0 Å². The van der Waals surface area contributed by atoms with Crippen molar-refractivity contribution in [2.24, 2.45) is 10.9 Å². The Morgan fingerprint density at radius 2 is 1.95 bits per heavy atom. The maximum Gasteiger partial charge on any atom is 0.255 e. The van der Waals surface area contributed by atoms with Crippen molar-refractivity contribution < 1.29 is 10.0 Å². The molecule has 0 radical (unpaired) electrons. The summed E-state index contributed by atoms with van der Waals surface area (Å²) in [5.74, 6) is 0.221. The highest BCUT2D eigenvalue weighted by Crippen LogP contribution is 2.19. The van der Waals surface area contributed by atoms with Crippen LogP contribution in [0.2, 0.25) is 0 Å². The summed E-state index contributed by atoms with van der Waals surface area (Å²) in [6.45, 7) is 4.55. The first-order valence-corrected chi connectivity index (χ1v) is 7.59. The lowest BCUT2D eigenvalue weighted by Crippen LogP contribution is -2.54. The molecule has 0 saturated carbocycles. The number of nitrogens with zero attached hydrogens (tertiary/aromatic N) is 3. The van der Waals surface area contributed by atoms with E-state index in [0.717, 1.165) is 4.47 Å². The van der Waals surface area contributed by atoms with E-state index in [9.17, 15) is 4.79 Å². The number of carbonyl (C=O) groups is 1. The van der Waals surface area contributed by atoms with Crippen LogP contribution in [0.5, 0.6) is 0 Å². The van der Waals surface area contributed by atoms with E-state index in [-0.39, 0.29) is 17.8 Å². The van der Waals surface area contributed by atoms with Gasteiger partial charge in [-0.25, -0.2) is 0 Å². The van der Waals surface area contributed by atoms with Crippen molar-refractivity contribution in [2.75, 3.05) is 26.2 Å². The first-order valence-electron chi connectivity index (χ1n) is 6.80. The van der Waals surface area contributed by atoms with Gasteiger partial charge in [0.15, 0.2) is 5.84 Å². The molecule has 1 aliphatic heterocycles. The summed E-state index contributed by atoms with van der Waals surface area (Å²) in [4.78, 5) is 16.4. The zero-order chi connectivity index (χ0) is 15.4. The molecule has 1 aromatic rings. The van der Waals surface area contributed by atoms with Gasteiger partial charge in [-0.3, -0.25) is 9.69 Å². The predicted octanol–water partition coefficient (Wildman–Crippen LogP) is 1.34. The van der Waals surface area contributed by atoms with Crippen LogP contribution in [0.25, 0.3) is 0 Å². The van der Waals surface area contributed by atoms with E-state index in [1.807, 2.05) is 36.1 Å². The van der Waals surface area contributed by atoms with Crippen LogP contribution in [0.15, 0.2) is 33.9 Å². The maximum absolute atomic E-state index is 12.5. The summed E-state index contributed by atoms with van der Waals surface area (Å²) < 4.78 is 0.808. The van der Waals surface area contributed by atoms with Crippen molar-refractivity contribution in [3.8, 4) is 0 Å². The van der Waals surface area contributed by atoms with Crippen molar-refractivity contribution in [1.29, 1.82) is 0 Å². The van der Waals surface area contributed by atoms with Gasteiger partial charge in [-0.05, 0) is 35.0 Å². The molecule has 21 heavy (non-hydrogen) atoms. The van der Waals surface area contributed by atoms with Crippen LogP contribution in [-0.4, -0.2) is 59.0 Å². The quantitative estimate of drug-likeness (QED) is 0.371. The molecule has 0 bridgehead atoms. The molecule has 1 fully saturated rings. The summed E-state index contributed by atoms with van der Waals surface area (Å²) >= 11 is 3.41. The molecule has 6 nitrogen and oxygen atoms in total. The second kappa shape index (κ2) is 6.91. The molecule has 1 unspecified atom stereocenters. The highest BCUT2D eigenvalue weighted by Gasteiger charge is 2.26. The molecule has 7 heteroatoms. The Morgan fingerprint density at radius 1 is 1.33 bits per heavy atom. The molecule has 1 saturated heterocycles. The molecule has 1 atom stereocenters. The first-order chi connectivity index (χ1) is 10.0. The fourth-order valence-electron chi connectivity index (χ4n) is 2.39. The number of halogens is 1. The van der Waals surface area contributed by atoms with E-state index in [2.05, 4.69) is 26.0 Å². The normalized spacial score (nSPS) is 18.6. The molecule has 114 valence electrons. The van der Waals surface area contributed by atoms with Gasteiger partial charge in [0.2, 0.25) is 0 Å². The third-order valence-corrected chi connectivity index (χ3v) is 4.49. The largest absolute Gasteiger partial charge is 0.409 e. The highest BCUT2D eigenvalue weighted by atomic mass is 79.9. The molecule has 0 spiro atoms. The zero-order valence-electron chi connectivity index (χ0n) is 11.9. The predicted molar refractivity (Wildman–Crippen MR) is 84.5 cm³/mol. The average Bonchev–Trinajstić information content (AvgIpc) is 2.53. The summed E-state index contributed by atoms with van der Waals surface area (Å²) in [5, 5.41) is 11.8. The van der Waals surface area contributed by atoms with Gasteiger partial charge in [-0.15, -0.1) is 0 Å². The fourth-order valence-corrected chi connectivity index (χ4v) is 2.84. The number of hydrogen-bond donors (Lipinski definition) is 2. The van der Waals surface area contributed by atoms with Crippen molar-refractivity contribution >= 4 is 27.7 Å². The Bertz CT molecular complexity index is 542. The fraction of sp³-hybridized carbons (Fsp3) is 0.429. The lowest BCUT2D eigenvalue weighted by Gasteiger charge is -2.37. The van der Waals surface area contributed by atoms with Crippen LogP contribution in [0.4, 0.5) is 0 Å². The Hall–Kier alpha value is -1.60. The van der Waals surface area contributed by atoms with Crippen molar-refractivity contribution in [3.63, 3.8) is 0 Å². The van der Waals surface area contributed by atoms with Gasteiger partial charge >= 0.3 is 0 Å². The van der Waals surface area contributed by atoms with Crippen molar-refractivity contribution in [2.45, 2.75) is 13.0 Å². The molecule has 1 heterocycles. The third kappa shape index (κ3) is 3.54. The number of amidine groups is 1. The lowest BCUT2D eigenvalue weighted by atomic mass is 10.1. The van der Waals surface area contributed by atoms with Crippen LogP contribution in [0, 0.1) is 0 Å². The number of oxime groups is 1.